The van der Waals surface area contributed by atoms with Gasteiger partial charge in [-0.25, -0.2) is 0 Å². The van der Waals surface area contributed by atoms with Crippen LogP contribution in [0.1, 0.15) is 144 Å². The first-order chi connectivity index (χ1) is 25.9. The number of aliphatic carboxylic acids is 1. The predicted molar refractivity (Wildman–Crippen MR) is 225 cm³/mol. The van der Waals surface area contributed by atoms with E-state index in [1.54, 1.807) is 19.4 Å². The third-order valence-electron chi connectivity index (χ3n) is 17.0. The first kappa shape index (κ1) is 43.4. The maximum Gasteiger partial charge on any atom is 0.309 e. The molecule has 5 aliphatic carbocycles. The predicted octanol–water partition coefficient (Wildman–Crippen LogP) is 10.6. The van der Waals surface area contributed by atoms with Crippen LogP contribution in [0.25, 0.3) is 0 Å². The van der Waals surface area contributed by atoms with Crippen LogP contribution in [0.4, 0.5) is 0 Å². The average Bonchev–Trinajstić information content (AvgIpc) is 3.38. The van der Waals surface area contributed by atoms with Crippen LogP contribution in [0.3, 0.4) is 0 Å². The maximum atomic E-state index is 14.2. The fourth-order valence-electron chi connectivity index (χ4n) is 13.9. The number of hydrogen-bond acceptors (Lipinski definition) is 6. The molecule has 0 saturated heterocycles. The van der Waals surface area contributed by atoms with Gasteiger partial charge in [0.15, 0.2) is 5.78 Å². The Morgan fingerprint density at radius 3 is 2.25 bits per heavy atom. The van der Waals surface area contributed by atoms with E-state index in [4.69, 9.17) is 16.3 Å². The van der Waals surface area contributed by atoms with Gasteiger partial charge in [-0.1, -0.05) is 71.7 Å². The Kier molecular flexibility index (Phi) is 11.7. The Bertz CT molecular complexity index is 1750. The summed E-state index contributed by atoms with van der Waals surface area (Å²) >= 11 is 6.43. The van der Waals surface area contributed by atoms with E-state index in [1.807, 2.05) is 6.07 Å². The zero-order chi connectivity index (χ0) is 41.4. The van der Waals surface area contributed by atoms with Crippen molar-refractivity contribution in [2.24, 2.45) is 56.2 Å². The van der Waals surface area contributed by atoms with Crippen LogP contribution in [-0.4, -0.2) is 66.4 Å². The zero-order valence-corrected chi connectivity index (χ0v) is 37.6. The molecule has 5 aliphatic rings. The maximum absolute atomic E-state index is 14.2. The molecule has 0 aliphatic heterocycles. The van der Waals surface area contributed by atoms with E-state index in [9.17, 15) is 19.5 Å². The molecule has 1 N–H and O–H groups in total. The summed E-state index contributed by atoms with van der Waals surface area (Å²) in [5.41, 5.74) is 4.20. The fraction of sp³-hybridized carbons (Fsp3) is 0.771. The van der Waals surface area contributed by atoms with Gasteiger partial charge in [-0.3, -0.25) is 14.4 Å². The van der Waals surface area contributed by atoms with Gasteiger partial charge in [0.05, 0.1) is 11.8 Å². The van der Waals surface area contributed by atoms with Gasteiger partial charge in [-0.15, -0.1) is 0 Å². The average molecular weight is 794 g/mol. The molecule has 4 fully saturated rings. The van der Waals surface area contributed by atoms with Crippen LogP contribution in [0.2, 0.25) is 5.02 Å². The SMILES string of the molecule is CC(C)C1=C2[C@H]3CCC4C(C)(CC[C@H]5C(C)(C)[C@@H](OC(=O)CC(C)(C)C(=O)O)CC[C@]45C)[C@]3(C)CC[C@@]2(CCN(C)Cc2ccc(Cl)cc2CN(C)C)CC1=O. The molecule has 8 heteroatoms. The normalized spacial score (nSPS) is 35.3. The monoisotopic (exact) mass is 793 g/mol. The third-order valence-corrected chi connectivity index (χ3v) is 17.3. The molecule has 4 saturated carbocycles. The van der Waals surface area contributed by atoms with Gasteiger partial charge in [0.2, 0.25) is 0 Å². The summed E-state index contributed by atoms with van der Waals surface area (Å²) in [6.07, 6.45) is 9.95. The molecule has 7 nitrogen and oxygen atoms in total. The second-order valence-corrected chi connectivity index (χ2v) is 22.3. The van der Waals surface area contributed by atoms with Crippen LogP contribution in [0.5, 0.6) is 0 Å². The topological polar surface area (TPSA) is 87.2 Å². The van der Waals surface area contributed by atoms with Crippen molar-refractivity contribution < 1.29 is 24.2 Å². The molecule has 1 aromatic rings. The van der Waals surface area contributed by atoms with Crippen molar-refractivity contribution in [3.8, 4) is 0 Å². The molecule has 0 heterocycles. The summed E-state index contributed by atoms with van der Waals surface area (Å²) in [7, 11) is 6.43. The van der Waals surface area contributed by atoms with Crippen LogP contribution in [-0.2, 0) is 32.2 Å². The van der Waals surface area contributed by atoms with Gasteiger partial charge in [-0.2, -0.15) is 0 Å². The minimum Gasteiger partial charge on any atom is -0.481 e. The van der Waals surface area contributed by atoms with Crippen molar-refractivity contribution in [3.05, 3.63) is 45.5 Å². The number of rotatable bonds is 12. The minimum absolute atomic E-state index is 0.0645. The van der Waals surface area contributed by atoms with Gasteiger partial charge in [0.1, 0.15) is 6.10 Å². The summed E-state index contributed by atoms with van der Waals surface area (Å²) in [5.74, 6) is 0.614. The second kappa shape index (κ2) is 15.1. The Balaban J connectivity index is 1.24. The lowest BCUT2D eigenvalue weighted by Gasteiger charge is -2.72. The number of allylic oxidation sites excluding steroid dienone is 2. The highest BCUT2D eigenvalue weighted by atomic mass is 35.5. The molecule has 0 aromatic heterocycles. The van der Waals surface area contributed by atoms with Crippen molar-refractivity contribution >= 4 is 29.3 Å². The van der Waals surface area contributed by atoms with Crippen molar-refractivity contribution in [1.29, 1.82) is 0 Å². The van der Waals surface area contributed by atoms with E-state index in [0.717, 1.165) is 81.6 Å². The van der Waals surface area contributed by atoms with Gasteiger partial charge in [0, 0.05) is 35.4 Å². The van der Waals surface area contributed by atoms with Crippen molar-refractivity contribution in [2.75, 3.05) is 27.7 Å². The molecule has 0 amide bonds. The van der Waals surface area contributed by atoms with Crippen LogP contribution in [0, 0.1) is 56.2 Å². The third kappa shape index (κ3) is 7.24. The number of carboxylic acids is 1. The highest BCUT2D eigenvalue weighted by Gasteiger charge is 2.70. The summed E-state index contributed by atoms with van der Waals surface area (Å²) in [4.78, 5) is 43.8. The summed E-state index contributed by atoms with van der Waals surface area (Å²) in [6.45, 7) is 22.8. The lowest BCUT2D eigenvalue weighted by atomic mass is 9.33. The first-order valence-electron chi connectivity index (χ1n) is 21.7. The van der Waals surface area contributed by atoms with E-state index in [-0.39, 0.29) is 45.5 Å². The highest BCUT2D eigenvalue weighted by Crippen LogP contribution is 2.77. The van der Waals surface area contributed by atoms with Gasteiger partial charge in [0.25, 0.3) is 0 Å². The molecule has 2 unspecified atom stereocenters. The van der Waals surface area contributed by atoms with Crippen LogP contribution >= 0.6 is 11.6 Å². The molecule has 0 spiro atoms. The molecule has 312 valence electrons. The van der Waals surface area contributed by atoms with E-state index in [0.29, 0.717) is 30.0 Å². The Hall–Kier alpha value is -2.22. The van der Waals surface area contributed by atoms with Crippen LogP contribution < -0.4 is 0 Å². The fourth-order valence-corrected chi connectivity index (χ4v) is 14.1. The quantitative estimate of drug-likeness (QED) is 0.211. The van der Waals surface area contributed by atoms with Crippen LogP contribution in [0.15, 0.2) is 29.3 Å². The lowest BCUT2D eigenvalue weighted by Crippen LogP contribution is -2.65. The summed E-state index contributed by atoms with van der Waals surface area (Å²) in [6, 6.07) is 6.30. The van der Waals surface area contributed by atoms with E-state index in [2.05, 4.69) is 91.5 Å². The lowest BCUT2D eigenvalue weighted by molar-refractivity contribution is -0.233. The Morgan fingerprint density at radius 2 is 1.61 bits per heavy atom. The Morgan fingerprint density at radius 1 is 0.911 bits per heavy atom. The standard InChI is InChI=1S/C48H73ClN2O5/c1-30(2)40-35(52)26-48(23-24-51(12)29-31-13-14-33(49)25-32(31)28-50(10)11)22-21-46(8)34(41(40)48)15-16-37-45(7)19-18-38(56-39(53)27-43(3,4)42(54)55)44(5,6)36(45)17-20-47(37,46)9/h13-14,25,30,34,36-38H,15-24,26-29H2,1-12H3,(H,54,55)/t34-,36+,37?,38+,45+,46-,47?,48-/m1/s1. The molecule has 6 rings (SSSR count). The number of carboxylic acid groups (broad SMARTS) is 1. The number of fused-ring (bicyclic) bond motifs is 7. The number of halogens is 1. The number of ketones is 1. The van der Waals surface area contributed by atoms with E-state index < -0.39 is 17.4 Å². The number of carbonyl (C=O) groups is 3. The molecule has 8 atom stereocenters. The molecule has 0 radical (unpaired) electrons. The van der Waals surface area contributed by atoms with Gasteiger partial charge >= 0.3 is 11.9 Å². The number of nitrogens with zero attached hydrogens (tertiary/aromatic N) is 2. The minimum atomic E-state index is -1.15. The molecular formula is C48H73ClN2O5. The second-order valence-electron chi connectivity index (χ2n) is 21.8. The smallest absolute Gasteiger partial charge is 0.309 e. The van der Waals surface area contributed by atoms with Crippen molar-refractivity contribution in [2.45, 2.75) is 152 Å². The van der Waals surface area contributed by atoms with E-state index in [1.165, 1.54) is 17.5 Å². The zero-order valence-electron chi connectivity index (χ0n) is 36.9. The molecule has 56 heavy (non-hydrogen) atoms. The molecule has 1 aromatic carbocycles. The Labute approximate surface area is 343 Å². The van der Waals surface area contributed by atoms with Gasteiger partial charge < -0.3 is 19.6 Å². The largest absolute Gasteiger partial charge is 0.481 e. The molecular weight excluding hydrogens is 720 g/mol. The van der Waals surface area contributed by atoms with Crippen molar-refractivity contribution in [1.82, 2.24) is 9.80 Å². The van der Waals surface area contributed by atoms with Crippen molar-refractivity contribution in [3.63, 3.8) is 0 Å². The summed E-state index contributed by atoms with van der Waals surface area (Å²) in [5, 5.41) is 10.4. The number of Topliss-reactive ketones (excluding diaryl/α,β-unsaturated/α-hetero) is 1. The number of ether oxygens (including phenoxy) is 1. The summed E-state index contributed by atoms with van der Waals surface area (Å²) < 4.78 is 6.20. The number of esters is 1. The van der Waals surface area contributed by atoms with Gasteiger partial charge in [-0.05, 0) is 168 Å². The number of hydrogen-bond donors (Lipinski definition) is 1. The van der Waals surface area contributed by atoms with E-state index >= 15 is 0 Å². The number of benzene rings is 1. The molecule has 0 bridgehead atoms. The first-order valence-corrected chi connectivity index (χ1v) is 22.1. The number of carbonyl (C=O) groups excluding carboxylic acids is 2. The highest BCUT2D eigenvalue weighted by molar-refractivity contribution is 6.30.